The molecule has 1 aliphatic rings. The lowest BCUT2D eigenvalue weighted by Crippen LogP contribution is -2.36. The van der Waals surface area contributed by atoms with Gasteiger partial charge in [-0.2, -0.15) is 0 Å². The van der Waals surface area contributed by atoms with E-state index in [0.29, 0.717) is 0 Å². The predicted octanol–water partition coefficient (Wildman–Crippen LogP) is 3.16. The number of alkyl halides is 3. The molecule has 0 spiro atoms. The summed E-state index contributed by atoms with van der Waals surface area (Å²) in [5.41, 5.74) is 1.65. The van der Waals surface area contributed by atoms with Gasteiger partial charge in [-0.05, 0) is 49.6 Å². The molecule has 0 atom stereocenters. The number of aryl methyl sites for hydroxylation is 2. The summed E-state index contributed by atoms with van der Waals surface area (Å²) >= 11 is 0. The number of benzene rings is 1. The fourth-order valence-corrected chi connectivity index (χ4v) is 2.49. The third-order valence-corrected chi connectivity index (χ3v) is 3.39. The van der Waals surface area contributed by atoms with E-state index in [1.807, 2.05) is 6.07 Å². The van der Waals surface area contributed by atoms with Crippen LogP contribution in [-0.4, -0.2) is 44.1 Å². The number of nitrogens with zero attached hydrogens (tertiary/aromatic N) is 1. The van der Waals surface area contributed by atoms with Gasteiger partial charge in [0.1, 0.15) is 5.75 Å². The summed E-state index contributed by atoms with van der Waals surface area (Å²) in [5.74, 6) is -0.135. The number of rotatable bonds is 5. The largest absolute Gasteiger partial charge is 0.573 e. The molecule has 1 aliphatic heterocycles. The highest BCUT2D eigenvalue weighted by atomic mass is 19.4. The molecule has 0 aromatic heterocycles. The summed E-state index contributed by atoms with van der Waals surface area (Å²) in [4.78, 5) is 2.31. The topological polar surface area (TPSA) is 21.7 Å². The lowest BCUT2D eigenvalue weighted by Gasteiger charge is -2.26. The first-order chi connectivity index (χ1) is 9.92. The van der Waals surface area contributed by atoms with Crippen LogP contribution in [0.4, 0.5) is 13.2 Å². The van der Waals surface area contributed by atoms with Crippen molar-refractivity contribution in [2.45, 2.75) is 26.1 Å². The van der Waals surface area contributed by atoms with Crippen molar-refractivity contribution in [2.24, 2.45) is 0 Å². The van der Waals surface area contributed by atoms with Crippen molar-refractivity contribution in [3.63, 3.8) is 0 Å². The number of ether oxygens (including phenoxy) is 2. The van der Waals surface area contributed by atoms with Crippen molar-refractivity contribution < 1.29 is 22.6 Å². The van der Waals surface area contributed by atoms with E-state index in [1.165, 1.54) is 12.1 Å². The number of halogens is 3. The minimum atomic E-state index is -4.64. The highest BCUT2D eigenvalue weighted by molar-refractivity contribution is 5.34. The van der Waals surface area contributed by atoms with E-state index >= 15 is 0 Å². The molecule has 0 aliphatic carbocycles. The van der Waals surface area contributed by atoms with Crippen LogP contribution in [0.25, 0.3) is 0 Å². The zero-order valence-corrected chi connectivity index (χ0v) is 12.1. The standard InChI is InChI=1S/C15H20F3NO2/c1-12-9-13(11-14(10-12)21-15(16,17)18)3-2-4-19-5-7-20-8-6-19/h9-11H,2-8H2,1H3. The number of morpholine rings is 1. The summed E-state index contributed by atoms with van der Waals surface area (Å²) in [6.45, 7) is 6.08. The highest BCUT2D eigenvalue weighted by Gasteiger charge is 2.31. The van der Waals surface area contributed by atoms with Gasteiger partial charge in [-0.25, -0.2) is 0 Å². The Hall–Kier alpha value is -1.27. The summed E-state index contributed by atoms with van der Waals surface area (Å²) in [5, 5.41) is 0. The predicted molar refractivity (Wildman–Crippen MR) is 73.4 cm³/mol. The van der Waals surface area contributed by atoms with Gasteiger partial charge >= 0.3 is 6.36 Å². The quantitative estimate of drug-likeness (QED) is 0.834. The Morgan fingerprint density at radius 2 is 1.90 bits per heavy atom. The molecule has 1 heterocycles. The maximum atomic E-state index is 12.3. The molecule has 0 amide bonds. The van der Waals surface area contributed by atoms with E-state index < -0.39 is 6.36 Å². The molecule has 1 aromatic carbocycles. The monoisotopic (exact) mass is 303 g/mol. The van der Waals surface area contributed by atoms with Crippen LogP contribution < -0.4 is 4.74 Å². The third kappa shape index (κ3) is 5.93. The van der Waals surface area contributed by atoms with Gasteiger partial charge in [0.05, 0.1) is 13.2 Å². The van der Waals surface area contributed by atoms with Crippen molar-refractivity contribution in [1.29, 1.82) is 0 Å². The number of hydrogen-bond acceptors (Lipinski definition) is 3. The van der Waals surface area contributed by atoms with Gasteiger partial charge in [0.15, 0.2) is 0 Å². The lowest BCUT2D eigenvalue weighted by atomic mass is 10.1. The zero-order valence-electron chi connectivity index (χ0n) is 12.1. The van der Waals surface area contributed by atoms with Crippen molar-refractivity contribution in [2.75, 3.05) is 32.8 Å². The molecule has 2 rings (SSSR count). The Bertz CT molecular complexity index is 457. The normalized spacial score (nSPS) is 17.0. The van der Waals surface area contributed by atoms with E-state index in [2.05, 4.69) is 9.64 Å². The van der Waals surface area contributed by atoms with Crippen molar-refractivity contribution in [1.82, 2.24) is 4.90 Å². The first-order valence-corrected chi connectivity index (χ1v) is 7.09. The average Bonchev–Trinajstić information content (AvgIpc) is 2.37. The SMILES string of the molecule is Cc1cc(CCCN2CCOCC2)cc(OC(F)(F)F)c1. The van der Waals surface area contributed by atoms with Gasteiger partial charge in [-0.3, -0.25) is 4.90 Å². The van der Waals surface area contributed by atoms with Crippen molar-refractivity contribution in [3.05, 3.63) is 29.3 Å². The molecule has 0 radical (unpaired) electrons. The minimum absolute atomic E-state index is 0.135. The van der Waals surface area contributed by atoms with Crippen LogP contribution >= 0.6 is 0 Å². The molecule has 118 valence electrons. The van der Waals surface area contributed by atoms with Crippen molar-refractivity contribution >= 4 is 0 Å². The molecule has 6 heteroatoms. The zero-order chi connectivity index (χ0) is 15.3. The lowest BCUT2D eigenvalue weighted by molar-refractivity contribution is -0.274. The maximum absolute atomic E-state index is 12.3. The molecule has 1 saturated heterocycles. The fraction of sp³-hybridized carbons (Fsp3) is 0.600. The second-order valence-electron chi connectivity index (χ2n) is 5.26. The van der Waals surface area contributed by atoms with Gasteiger partial charge in [0.25, 0.3) is 0 Å². The first-order valence-electron chi connectivity index (χ1n) is 7.09. The van der Waals surface area contributed by atoms with E-state index in [9.17, 15) is 13.2 Å². The maximum Gasteiger partial charge on any atom is 0.573 e. The van der Waals surface area contributed by atoms with Gasteiger partial charge in [0.2, 0.25) is 0 Å². The van der Waals surface area contributed by atoms with Crippen LogP contribution in [0.5, 0.6) is 5.75 Å². The van der Waals surface area contributed by atoms with Crippen LogP contribution in [0.15, 0.2) is 18.2 Å². The molecule has 21 heavy (non-hydrogen) atoms. The Labute approximate surface area is 122 Å². The van der Waals surface area contributed by atoms with E-state index in [1.54, 1.807) is 6.92 Å². The third-order valence-electron chi connectivity index (χ3n) is 3.39. The number of hydrogen-bond donors (Lipinski definition) is 0. The Morgan fingerprint density at radius 1 is 1.19 bits per heavy atom. The molecule has 0 N–H and O–H groups in total. The summed E-state index contributed by atoms with van der Waals surface area (Å²) in [6.07, 6.45) is -2.99. The minimum Gasteiger partial charge on any atom is -0.406 e. The molecule has 1 fully saturated rings. The van der Waals surface area contributed by atoms with Gasteiger partial charge in [0, 0.05) is 13.1 Å². The van der Waals surface area contributed by atoms with E-state index in [-0.39, 0.29) is 5.75 Å². The molecule has 1 aromatic rings. The van der Waals surface area contributed by atoms with Gasteiger partial charge in [-0.15, -0.1) is 13.2 Å². The smallest absolute Gasteiger partial charge is 0.406 e. The van der Waals surface area contributed by atoms with Gasteiger partial charge < -0.3 is 9.47 Å². The molecular weight excluding hydrogens is 283 g/mol. The second kappa shape index (κ2) is 7.13. The summed E-state index contributed by atoms with van der Waals surface area (Å²) < 4.78 is 46.0. The summed E-state index contributed by atoms with van der Waals surface area (Å²) in [7, 11) is 0. The van der Waals surface area contributed by atoms with E-state index in [0.717, 1.165) is 56.8 Å². The Kier molecular flexibility index (Phi) is 5.47. The molecule has 3 nitrogen and oxygen atoms in total. The molecule has 0 saturated carbocycles. The van der Waals surface area contributed by atoms with Crippen LogP contribution in [0.1, 0.15) is 17.5 Å². The summed E-state index contributed by atoms with van der Waals surface area (Å²) in [6, 6.07) is 4.78. The van der Waals surface area contributed by atoms with E-state index in [4.69, 9.17) is 4.74 Å². The molecular formula is C15H20F3NO2. The Morgan fingerprint density at radius 3 is 2.57 bits per heavy atom. The molecule has 0 unspecified atom stereocenters. The Balaban J connectivity index is 1.87. The van der Waals surface area contributed by atoms with Crippen molar-refractivity contribution in [3.8, 4) is 5.75 Å². The molecule has 0 bridgehead atoms. The van der Waals surface area contributed by atoms with Crippen LogP contribution in [0.3, 0.4) is 0 Å². The van der Waals surface area contributed by atoms with Gasteiger partial charge in [-0.1, -0.05) is 6.07 Å². The van der Waals surface area contributed by atoms with Crippen LogP contribution in [-0.2, 0) is 11.2 Å². The fourth-order valence-electron chi connectivity index (χ4n) is 2.49. The second-order valence-corrected chi connectivity index (χ2v) is 5.26. The first kappa shape index (κ1) is 16.1. The van der Waals surface area contributed by atoms with Crippen LogP contribution in [0.2, 0.25) is 0 Å². The highest BCUT2D eigenvalue weighted by Crippen LogP contribution is 2.25. The van der Waals surface area contributed by atoms with Crippen LogP contribution in [0, 0.1) is 6.92 Å². The average molecular weight is 303 g/mol.